The molecule has 6 heteroatoms. The van der Waals surface area contributed by atoms with Crippen LogP contribution in [-0.4, -0.2) is 27.0 Å². The van der Waals surface area contributed by atoms with Gasteiger partial charge >= 0.3 is 5.97 Å². The van der Waals surface area contributed by atoms with E-state index in [1.807, 2.05) is 25.1 Å². The van der Waals surface area contributed by atoms with E-state index in [9.17, 15) is 9.59 Å². The molecule has 2 aromatic rings. The standard InChI is InChI=1S/C14H13N3O3/c1-2-9-4-3-5-10(8-9)17-13(18)11-12(14(19)20)16-7-6-15-11/h3-8H,2H2,1H3,(H,17,18)(H,19,20). The number of hydrogen-bond acceptors (Lipinski definition) is 4. The number of aromatic carboxylic acids is 1. The third kappa shape index (κ3) is 2.97. The SMILES string of the molecule is CCc1cccc(NC(=O)c2nccnc2C(=O)O)c1. The average Bonchev–Trinajstić information content (AvgIpc) is 2.47. The van der Waals surface area contributed by atoms with E-state index in [0.717, 1.165) is 12.0 Å². The topological polar surface area (TPSA) is 92.2 Å². The van der Waals surface area contributed by atoms with Gasteiger partial charge < -0.3 is 10.4 Å². The molecule has 0 unspecified atom stereocenters. The van der Waals surface area contributed by atoms with Crippen molar-refractivity contribution >= 4 is 17.6 Å². The van der Waals surface area contributed by atoms with Crippen molar-refractivity contribution in [3.05, 3.63) is 53.6 Å². The Morgan fingerprint density at radius 1 is 1.20 bits per heavy atom. The van der Waals surface area contributed by atoms with E-state index in [1.165, 1.54) is 12.4 Å². The average molecular weight is 271 g/mol. The molecule has 0 spiro atoms. The van der Waals surface area contributed by atoms with Gasteiger partial charge in [-0.1, -0.05) is 19.1 Å². The molecule has 0 bridgehead atoms. The second-order valence-corrected chi connectivity index (χ2v) is 4.07. The van der Waals surface area contributed by atoms with Crippen LogP contribution in [0.25, 0.3) is 0 Å². The van der Waals surface area contributed by atoms with Crippen molar-refractivity contribution in [2.24, 2.45) is 0 Å². The number of hydrogen-bond donors (Lipinski definition) is 2. The molecule has 2 N–H and O–H groups in total. The zero-order valence-electron chi connectivity index (χ0n) is 10.8. The van der Waals surface area contributed by atoms with Crippen LogP contribution >= 0.6 is 0 Å². The number of carbonyl (C=O) groups is 2. The van der Waals surface area contributed by atoms with Crippen LogP contribution in [0.1, 0.15) is 33.5 Å². The van der Waals surface area contributed by atoms with Crippen molar-refractivity contribution in [3.63, 3.8) is 0 Å². The van der Waals surface area contributed by atoms with E-state index in [-0.39, 0.29) is 11.4 Å². The van der Waals surface area contributed by atoms with Gasteiger partial charge in [0.25, 0.3) is 5.91 Å². The van der Waals surface area contributed by atoms with Crippen LogP contribution in [0.5, 0.6) is 0 Å². The molecular formula is C14H13N3O3. The maximum atomic E-state index is 12.1. The summed E-state index contributed by atoms with van der Waals surface area (Å²) in [6, 6.07) is 7.33. The number of carboxylic acid groups (broad SMARTS) is 1. The Morgan fingerprint density at radius 2 is 1.90 bits per heavy atom. The first-order valence-electron chi connectivity index (χ1n) is 6.06. The van der Waals surface area contributed by atoms with Crippen molar-refractivity contribution in [1.82, 2.24) is 9.97 Å². The van der Waals surface area contributed by atoms with Gasteiger partial charge in [0, 0.05) is 18.1 Å². The Bertz CT molecular complexity index is 656. The van der Waals surface area contributed by atoms with E-state index in [1.54, 1.807) is 6.07 Å². The maximum Gasteiger partial charge on any atom is 0.356 e. The molecule has 0 aliphatic heterocycles. The lowest BCUT2D eigenvalue weighted by atomic mass is 10.1. The van der Waals surface area contributed by atoms with Crippen molar-refractivity contribution in [2.45, 2.75) is 13.3 Å². The molecule has 0 saturated heterocycles. The molecular weight excluding hydrogens is 258 g/mol. The molecule has 0 fully saturated rings. The Hall–Kier alpha value is -2.76. The first-order valence-corrected chi connectivity index (χ1v) is 6.06. The van der Waals surface area contributed by atoms with Gasteiger partial charge in [0.15, 0.2) is 11.4 Å². The molecule has 2 rings (SSSR count). The molecule has 0 radical (unpaired) electrons. The monoisotopic (exact) mass is 271 g/mol. The van der Waals surface area contributed by atoms with Crippen LogP contribution in [0.2, 0.25) is 0 Å². The third-order valence-corrected chi connectivity index (χ3v) is 2.71. The van der Waals surface area contributed by atoms with Gasteiger partial charge in [-0.25, -0.2) is 14.8 Å². The number of nitrogens with zero attached hydrogens (tertiary/aromatic N) is 2. The predicted molar refractivity (Wildman–Crippen MR) is 72.8 cm³/mol. The third-order valence-electron chi connectivity index (χ3n) is 2.71. The molecule has 0 atom stereocenters. The zero-order valence-corrected chi connectivity index (χ0v) is 10.8. The summed E-state index contributed by atoms with van der Waals surface area (Å²) in [6.45, 7) is 2.01. The van der Waals surface area contributed by atoms with Crippen molar-refractivity contribution in [2.75, 3.05) is 5.32 Å². The van der Waals surface area contributed by atoms with Crippen molar-refractivity contribution < 1.29 is 14.7 Å². The van der Waals surface area contributed by atoms with E-state index >= 15 is 0 Å². The summed E-state index contributed by atoms with van der Waals surface area (Å²) in [4.78, 5) is 30.5. The number of amides is 1. The number of aryl methyl sites for hydroxylation is 1. The van der Waals surface area contributed by atoms with Crippen LogP contribution < -0.4 is 5.32 Å². The predicted octanol–water partition coefficient (Wildman–Crippen LogP) is 1.99. The highest BCUT2D eigenvalue weighted by atomic mass is 16.4. The number of nitrogens with one attached hydrogen (secondary N) is 1. The van der Waals surface area contributed by atoms with Crippen LogP contribution in [0.4, 0.5) is 5.69 Å². The number of rotatable bonds is 4. The summed E-state index contributed by atoms with van der Waals surface area (Å²) in [5.41, 5.74) is 1.09. The largest absolute Gasteiger partial charge is 0.476 e. The minimum absolute atomic E-state index is 0.207. The Balaban J connectivity index is 2.26. The molecule has 1 aromatic carbocycles. The van der Waals surface area contributed by atoms with E-state index in [2.05, 4.69) is 15.3 Å². The van der Waals surface area contributed by atoms with Crippen LogP contribution in [0.15, 0.2) is 36.7 Å². The number of aromatic nitrogens is 2. The fraction of sp³-hybridized carbons (Fsp3) is 0.143. The Kier molecular flexibility index (Phi) is 4.05. The minimum atomic E-state index is -1.29. The molecule has 20 heavy (non-hydrogen) atoms. The second-order valence-electron chi connectivity index (χ2n) is 4.07. The minimum Gasteiger partial charge on any atom is -0.476 e. The van der Waals surface area contributed by atoms with Gasteiger partial charge in [-0.15, -0.1) is 0 Å². The van der Waals surface area contributed by atoms with Crippen molar-refractivity contribution in [3.8, 4) is 0 Å². The molecule has 6 nitrogen and oxygen atoms in total. The summed E-state index contributed by atoms with van der Waals surface area (Å²) < 4.78 is 0. The van der Waals surface area contributed by atoms with Gasteiger partial charge in [0.05, 0.1) is 0 Å². The number of carbonyl (C=O) groups excluding carboxylic acids is 1. The van der Waals surface area contributed by atoms with Gasteiger partial charge in [-0.05, 0) is 24.1 Å². The maximum absolute atomic E-state index is 12.1. The highest BCUT2D eigenvalue weighted by molar-refractivity contribution is 6.08. The fourth-order valence-electron chi connectivity index (χ4n) is 1.72. The molecule has 1 aromatic heterocycles. The summed E-state index contributed by atoms with van der Waals surface area (Å²) in [5, 5.41) is 11.6. The molecule has 102 valence electrons. The zero-order chi connectivity index (χ0) is 14.5. The van der Waals surface area contributed by atoms with Gasteiger partial charge in [-0.2, -0.15) is 0 Å². The van der Waals surface area contributed by atoms with Gasteiger partial charge in [0.2, 0.25) is 0 Å². The molecule has 1 amide bonds. The quantitative estimate of drug-likeness (QED) is 0.887. The van der Waals surface area contributed by atoms with Crippen LogP contribution in [0.3, 0.4) is 0 Å². The number of carboxylic acids is 1. The van der Waals surface area contributed by atoms with E-state index in [4.69, 9.17) is 5.11 Å². The first kappa shape index (κ1) is 13.7. The Morgan fingerprint density at radius 3 is 2.55 bits per heavy atom. The molecule has 0 aliphatic rings. The number of anilines is 1. The Labute approximate surface area is 115 Å². The van der Waals surface area contributed by atoms with Crippen molar-refractivity contribution in [1.29, 1.82) is 0 Å². The summed E-state index contributed by atoms with van der Waals surface area (Å²) in [7, 11) is 0. The summed E-state index contributed by atoms with van der Waals surface area (Å²) in [5.74, 6) is -1.88. The summed E-state index contributed by atoms with van der Waals surface area (Å²) >= 11 is 0. The van der Waals surface area contributed by atoms with Crippen LogP contribution in [-0.2, 0) is 6.42 Å². The summed E-state index contributed by atoms with van der Waals surface area (Å²) in [6.07, 6.45) is 3.36. The molecule has 1 heterocycles. The lowest BCUT2D eigenvalue weighted by Gasteiger charge is -2.07. The second kappa shape index (κ2) is 5.92. The first-order chi connectivity index (χ1) is 9.61. The molecule has 0 aliphatic carbocycles. The van der Waals surface area contributed by atoms with Gasteiger partial charge in [0.1, 0.15) is 0 Å². The smallest absolute Gasteiger partial charge is 0.356 e. The lowest BCUT2D eigenvalue weighted by molar-refractivity contribution is 0.0685. The van der Waals surface area contributed by atoms with E-state index in [0.29, 0.717) is 5.69 Å². The fourth-order valence-corrected chi connectivity index (χ4v) is 1.72. The highest BCUT2D eigenvalue weighted by Crippen LogP contribution is 2.13. The molecule has 0 saturated carbocycles. The van der Waals surface area contributed by atoms with Gasteiger partial charge in [-0.3, -0.25) is 4.79 Å². The van der Waals surface area contributed by atoms with E-state index < -0.39 is 11.9 Å². The van der Waals surface area contributed by atoms with Crippen LogP contribution in [0, 0.1) is 0 Å². The highest BCUT2D eigenvalue weighted by Gasteiger charge is 2.19. The lowest BCUT2D eigenvalue weighted by Crippen LogP contribution is -2.19. The normalized spacial score (nSPS) is 10.1. The number of benzene rings is 1.